The number of halogens is 3. The largest absolute Gasteiger partial charge is 0.486 e. The molecule has 3 nitrogen and oxygen atoms in total. The van der Waals surface area contributed by atoms with Crippen LogP contribution < -0.4 is 4.74 Å². The maximum Gasteiger partial charge on any atom is 0.166 e. The van der Waals surface area contributed by atoms with Gasteiger partial charge in [-0.25, -0.2) is 8.78 Å². The van der Waals surface area contributed by atoms with Gasteiger partial charge in [-0.15, -0.1) is 0 Å². The Morgan fingerprint density at radius 2 is 1.62 bits per heavy atom. The Kier molecular flexibility index (Phi) is 8.29. The molecule has 2 aromatic carbocycles. The summed E-state index contributed by atoms with van der Waals surface area (Å²) in [5.41, 5.74) is 3.76. The van der Waals surface area contributed by atoms with E-state index in [0.717, 1.165) is 17.2 Å². The summed E-state index contributed by atoms with van der Waals surface area (Å²) in [5.74, 6) is -1.07. The van der Waals surface area contributed by atoms with Crippen LogP contribution in [0.25, 0.3) is 0 Å². The van der Waals surface area contributed by atoms with E-state index in [1.165, 1.54) is 6.07 Å². The molecular formula is C30H37ClF2N2OSi. The van der Waals surface area contributed by atoms with Crippen LogP contribution in [0.5, 0.6) is 5.75 Å². The van der Waals surface area contributed by atoms with Gasteiger partial charge in [0, 0.05) is 23.2 Å². The van der Waals surface area contributed by atoms with E-state index in [1.807, 2.05) is 12.3 Å². The second-order valence-corrected chi connectivity index (χ2v) is 17.2. The summed E-state index contributed by atoms with van der Waals surface area (Å²) in [6.07, 6.45) is 8.54. The average molecular weight is 543 g/mol. The second kappa shape index (κ2) is 11.1. The summed E-state index contributed by atoms with van der Waals surface area (Å²) in [6, 6.07) is 9.52. The van der Waals surface area contributed by atoms with Crippen molar-refractivity contribution in [2.75, 3.05) is 0 Å². The van der Waals surface area contributed by atoms with Gasteiger partial charge in [0.1, 0.15) is 18.6 Å². The SMILES string of the molecule is CC(C)[Si](C(C)C)(C(C)C)N1C=C(Cc2cc(F)c(OCc3ccc(Cl)cc3)cc2F)C2C=CC=NC21. The molecule has 0 aliphatic carbocycles. The number of hydrogen-bond acceptors (Lipinski definition) is 3. The fourth-order valence-corrected chi connectivity index (χ4v) is 13.6. The molecule has 0 bridgehead atoms. The zero-order valence-corrected chi connectivity index (χ0v) is 24.3. The summed E-state index contributed by atoms with van der Waals surface area (Å²) in [7, 11) is -2.03. The average Bonchev–Trinajstić information content (AvgIpc) is 3.19. The van der Waals surface area contributed by atoms with Crippen LogP contribution in [0.1, 0.15) is 52.7 Å². The van der Waals surface area contributed by atoms with Crippen molar-refractivity contribution in [3.8, 4) is 5.75 Å². The molecule has 198 valence electrons. The zero-order valence-electron chi connectivity index (χ0n) is 22.5. The van der Waals surface area contributed by atoms with Gasteiger partial charge in [-0.05, 0) is 70.2 Å². The van der Waals surface area contributed by atoms with Gasteiger partial charge >= 0.3 is 0 Å². The summed E-state index contributed by atoms with van der Waals surface area (Å²) in [5, 5.41) is 0.612. The third-order valence-electron chi connectivity index (χ3n) is 8.01. The maximum atomic E-state index is 15.3. The number of aliphatic imine (C=N–C) groups is 1. The maximum absolute atomic E-state index is 15.3. The lowest BCUT2D eigenvalue weighted by Crippen LogP contribution is -2.60. The van der Waals surface area contributed by atoms with E-state index in [-0.39, 0.29) is 24.4 Å². The second-order valence-electron chi connectivity index (χ2n) is 11.1. The Morgan fingerprint density at radius 3 is 2.24 bits per heavy atom. The molecule has 0 saturated carbocycles. The molecule has 0 spiro atoms. The smallest absolute Gasteiger partial charge is 0.166 e. The molecule has 2 heterocycles. The lowest BCUT2D eigenvalue weighted by molar-refractivity contribution is 0.288. The molecule has 2 atom stereocenters. The van der Waals surface area contributed by atoms with Crippen LogP contribution >= 0.6 is 11.6 Å². The standard InChI is InChI=1S/C30H37ClF2N2OSi/c1-19(2)37(20(3)4,21(5)6)35-17-24(26-8-7-13-34-30(26)35)14-23-15-28(33)29(16-27(23)32)36-18-22-9-11-25(31)12-10-22/h7-13,15-17,19-21,26,30H,14,18H2,1-6H3. The van der Waals surface area contributed by atoms with Crippen LogP contribution in [0.2, 0.25) is 21.6 Å². The van der Waals surface area contributed by atoms with Gasteiger partial charge < -0.3 is 9.30 Å². The molecule has 2 unspecified atom stereocenters. The lowest BCUT2D eigenvalue weighted by atomic mass is 9.92. The Bertz CT molecular complexity index is 1190. The number of hydrogen-bond donors (Lipinski definition) is 0. The third-order valence-corrected chi connectivity index (χ3v) is 15.1. The minimum atomic E-state index is -2.03. The molecule has 4 rings (SSSR count). The number of nitrogens with zero attached hydrogens (tertiary/aromatic N) is 2. The van der Waals surface area contributed by atoms with Crippen molar-refractivity contribution in [3.63, 3.8) is 0 Å². The van der Waals surface area contributed by atoms with Gasteiger partial charge in [-0.1, -0.05) is 71.4 Å². The number of benzene rings is 2. The molecule has 37 heavy (non-hydrogen) atoms. The molecule has 0 fully saturated rings. The van der Waals surface area contributed by atoms with Crippen LogP contribution in [0, 0.1) is 17.6 Å². The molecule has 2 aliphatic rings. The van der Waals surface area contributed by atoms with Crippen molar-refractivity contribution in [2.45, 2.75) is 77.4 Å². The number of allylic oxidation sites excluding steroid dienone is 1. The Morgan fingerprint density at radius 1 is 0.973 bits per heavy atom. The summed E-state index contributed by atoms with van der Waals surface area (Å²) >= 11 is 5.92. The van der Waals surface area contributed by atoms with Gasteiger partial charge in [-0.3, -0.25) is 4.99 Å². The lowest BCUT2D eigenvalue weighted by Gasteiger charge is -2.52. The molecular weight excluding hydrogens is 506 g/mol. The fourth-order valence-electron chi connectivity index (χ4n) is 6.58. The molecule has 7 heteroatoms. The first-order valence-electron chi connectivity index (χ1n) is 13.1. The van der Waals surface area contributed by atoms with Crippen LogP contribution in [0.15, 0.2) is 65.3 Å². The number of rotatable bonds is 9. The van der Waals surface area contributed by atoms with E-state index in [0.29, 0.717) is 33.6 Å². The van der Waals surface area contributed by atoms with Crippen LogP contribution in [0.3, 0.4) is 0 Å². The van der Waals surface area contributed by atoms with Crippen molar-refractivity contribution < 1.29 is 13.5 Å². The van der Waals surface area contributed by atoms with E-state index in [9.17, 15) is 0 Å². The van der Waals surface area contributed by atoms with Gasteiger partial charge in [0.05, 0.1) is 0 Å². The predicted octanol–water partition coefficient (Wildman–Crippen LogP) is 8.70. The van der Waals surface area contributed by atoms with Crippen molar-refractivity contribution >= 4 is 26.1 Å². The normalized spacial score (nSPS) is 19.2. The first kappa shape index (κ1) is 27.6. The topological polar surface area (TPSA) is 24.8 Å². The van der Waals surface area contributed by atoms with Crippen LogP contribution in [0.4, 0.5) is 8.78 Å². The monoisotopic (exact) mass is 542 g/mol. The highest BCUT2D eigenvalue weighted by Gasteiger charge is 2.53. The fraction of sp³-hybridized carbons (Fsp3) is 0.433. The molecule has 0 radical (unpaired) electrons. The summed E-state index contributed by atoms with van der Waals surface area (Å²) in [6.45, 7) is 14.1. The van der Waals surface area contributed by atoms with Crippen molar-refractivity contribution in [3.05, 3.63) is 88.1 Å². The van der Waals surface area contributed by atoms with Crippen LogP contribution in [-0.2, 0) is 13.0 Å². The minimum Gasteiger partial charge on any atom is -0.486 e. The quantitative estimate of drug-likeness (QED) is 0.296. The van der Waals surface area contributed by atoms with E-state index < -0.39 is 19.9 Å². The molecule has 0 amide bonds. The van der Waals surface area contributed by atoms with E-state index >= 15 is 8.78 Å². The van der Waals surface area contributed by atoms with Gasteiger partial charge in [0.2, 0.25) is 0 Å². The molecule has 0 N–H and O–H groups in total. The zero-order chi connectivity index (χ0) is 26.9. The van der Waals surface area contributed by atoms with Crippen molar-refractivity contribution in [1.29, 1.82) is 0 Å². The Balaban J connectivity index is 1.62. The first-order valence-corrected chi connectivity index (χ1v) is 15.7. The highest BCUT2D eigenvalue weighted by atomic mass is 35.5. The Hall–Kier alpha value is -2.44. The van der Waals surface area contributed by atoms with Crippen LogP contribution in [-0.4, -0.2) is 25.2 Å². The van der Waals surface area contributed by atoms with E-state index in [4.69, 9.17) is 21.3 Å². The van der Waals surface area contributed by atoms with Gasteiger partial charge in [0.25, 0.3) is 0 Å². The number of fused-ring (bicyclic) bond motifs is 1. The highest BCUT2D eigenvalue weighted by molar-refractivity contribution is 6.81. The van der Waals surface area contributed by atoms with Gasteiger partial charge in [-0.2, -0.15) is 0 Å². The molecule has 0 aromatic heterocycles. The Labute approximate surface area is 226 Å². The summed E-state index contributed by atoms with van der Waals surface area (Å²) in [4.78, 5) is 4.89. The molecule has 0 saturated heterocycles. The van der Waals surface area contributed by atoms with Crippen molar-refractivity contribution in [2.24, 2.45) is 10.9 Å². The van der Waals surface area contributed by atoms with Crippen molar-refractivity contribution in [1.82, 2.24) is 4.57 Å². The number of dihydropyridines is 1. The third kappa shape index (κ3) is 5.28. The summed E-state index contributed by atoms with van der Waals surface area (Å²) < 4.78 is 38.4. The highest BCUT2D eigenvalue weighted by Crippen LogP contribution is 2.49. The van der Waals surface area contributed by atoms with E-state index in [2.05, 4.69) is 58.4 Å². The molecule has 2 aromatic rings. The van der Waals surface area contributed by atoms with E-state index in [1.54, 1.807) is 24.3 Å². The minimum absolute atomic E-state index is 0.0197. The van der Waals surface area contributed by atoms with Gasteiger partial charge in [0.15, 0.2) is 19.8 Å². The number of ether oxygens (including phenoxy) is 1. The first-order chi connectivity index (χ1) is 17.5. The molecule has 2 aliphatic heterocycles. The predicted molar refractivity (Wildman–Crippen MR) is 152 cm³/mol.